The molecule has 1 aliphatic rings. The molecule has 0 radical (unpaired) electrons. The largest absolute Gasteiger partial charge is 0.465 e. The van der Waals surface area contributed by atoms with E-state index in [1.807, 2.05) is 6.07 Å². The standard InChI is InChI=1S/C14H14INO3/c1-19-14(18)11-6-3-7-12(13(11)15)16-9-4-2-5-10(17)8-9/h3,6-7H,2,4-5,8H2,1H3. The SMILES string of the molecule is COC(=O)c1cccc(N=C2CCCC(=O)C2)c1I. The molecule has 1 fully saturated rings. The summed E-state index contributed by atoms with van der Waals surface area (Å²) in [6.45, 7) is 0. The number of carbonyl (C=O) groups is 2. The molecule has 5 heteroatoms. The number of methoxy groups -OCH3 is 1. The van der Waals surface area contributed by atoms with Crippen LogP contribution >= 0.6 is 22.6 Å². The van der Waals surface area contributed by atoms with Crippen molar-refractivity contribution < 1.29 is 14.3 Å². The summed E-state index contributed by atoms with van der Waals surface area (Å²) in [4.78, 5) is 27.5. The maximum atomic E-state index is 11.6. The van der Waals surface area contributed by atoms with E-state index in [1.165, 1.54) is 7.11 Å². The Morgan fingerprint density at radius 2 is 2.16 bits per heavy atom. The Bertz CT molecular complexity index is 552. The zero-order valence-corrected chi connectivity index (χ0v) is 12.8. The molecule has 0 bridgehead atoms. The molecule has 0 N–H and O–H groups in total. The van der Waals surface area contributed by atoms with E-state index < -0.39 is 0 Å². The van der Waals surface area contributed by atoms with Crippen LogP contribution in [0.25, 0.3) is 0 Å². The predicted molar refractivity (Wildman–Crippen MR) is 81.1 cm³/mol. The van der Waals surface area contributed by atoms with Crippen LogP contribution in [0.1, 0.15) is 36.0 Å². The average molecular weight is 371 g/mol. The van der Waals surface area contributed by atoms with Crippen molar-refractivity contribution in [2.75, 3.05) is 7.11 Å². The van der Waals surface area contributed by atoms with Crippen LogP contribution in [0.3, 0.4) is 0 Å². The summed E-state index contributed by atoms with van der Waals surface area (Å²) in [6.07, 6.45) is 2.80. The van der Waals surface area contributed by atoms with Gasteiger partial charge < -0.3 is 4.74 Å². The molecular formula is C14H14INO3. The number of rotatable bonds is 2. The lowest BCUT2D eigenvalue weighted by Gasteiger charge is -2.12. The number of ketones is 1. The van der Waals surface area contributed by atoms with Gasteiger partial charge in [-0.2, -0.15) is 0 Å². The van der Waals surface area contributed by atoms with Crippen molar-refractivity contribution in [2.24, 2.45) is 4.99 Å². The number of benzene rings is 1. The molecule has 1 aliphatic carbocycles. The van der Waals surface area contributed by atoms with Gasteiger partial charge in [-0.1, -0.05) is 6.07 Å². The van der Waals surface area contributed by atoms with Crippen molar-refractivity contribution in [3.63, 3.8) is 0 Å². The fraction of sp³-hybridized carbons (Fsp3) is 0.357. The molecule has 0 spiro atoms. The lowest BCUT2D eigenvalue weighted by molar-refractivity contribution is -0.118. The molecule has 0 aromatic heterocycles. The number of esters is 1. The molecule has 19 heavy (non-hydrogen) atoms. The number of hydrogen-bond acceptors (Lipinski definition) is 4. The third-order valence-electron chi connectivity index (χ3n) is 2.98. The number of carbonyl (C=O) groups excluding carboxylic acids is 2. The van der Waals surface area contributed by atoms with Gasteiger partial charge in [0.25, 0.3) is 0 Å². The molecule has 1 aromatic carbocycles. The van der Waals surface area contributed by atoms with Crippen LogP contribution in [-0.4, -0.2) is 24.6 Å². The first-order chi connectivity index (χ1) is 9.11. The monoisotopic (exact) mass is 371 g/mol. The lowest BCUT2D eigenvalue weighted by atomic mass is 9.97. The zero-order valence-electron chi connectivity index (χ0n) is 10.6. The van der Waals surface area contributed by atoms with Gasteiger partial charge in [-0.3, -0.25) is 9.79 Å². The molecular weight excluding hydrogens is 357 g/mol. The highest BCUT2D eigenvalue weighted by Gasteiger charge is 2.16. The minimum absolute atomic E-state index is 0.240. The zero-order chi connectivity index (χ0) is 13.8. The molecule has 0 aliphatic heterocycles. The topological polar surface area (TPSA) is 55.7 Å². The minimum Gasteiger partial charge on any atom is -0.465 e. The van der Waals surface area contributed by atoms with Crippen molar-refractivity contribution in [2.45, 2.75) is 25.7 Å². The predicted octanol–water partition coefficient (Wildman–Crippen LogP) is 3.29. The van der Waals surface area contributed by atoms with Crippen LogP contribution in [0.15, 0.2) is 23.2 Å². The van der Waals surface area contributed by atoms with Gasteiger partial charge >= 0.3 is 5.97 Å². The van der Waals surface area contributed by atoms with E-state index in [-0.39, 0.29) is 11.8 Å². The number of nitrogens with zero attached hydrogens (tertiary/aromatic N) is 1. The van der Waals surface area contributed by atoms with Gasteiger partial charge in [-0.15, -0.1) is 0 Å². The second kappa shape index (κ2) is 6.27. The summed E-state index contributed by atoms with van der Waals surface area (Å²) in [5.74, 6) is -0.129. The summed E-state index contributed by atoms with van der Waals surface area (Å²) >= 11 is 2.09. The van der Waals surface area contributed by atoms with E-state index in [0.717, 1.165) is 27.8 Å². The van der Waals surface area contributed by atoms with Crippen LogP contribution in [0, 0.1) is 3.57 Å². The molecule has 4 nitrogen and oxygen atoms in total. The quantitative estimate of drug-likeness (QED) is 0.592. The van der Waals surface area contributed by atoms with Gasteiger partial charge in [-0.05, 0) is 47.6 Å². The first-order valence-corrected chi connectivity index (χ1v) is 7.14. The highest BCUT2D eigenvalue weighted by molar-refractivity contribution is 14.1. The number of hydrogen-bond donors (Lipinski definition) is 0. The Balaban J connectivity index is 2.32. The molecule has 0 heterocycles. The van der Waals surface area contributed by atoms with Gasteiger partial charge in [0.05, 0.1) is 21.9 Å². The molecule has 2 rings (SSSR count). The van der Waals surface area contributed by atoms with E-state index in [0.29, 0.717) is 18.4 Å². The van der Waals surface area contributed by atoms with Crippen LogP contribution < -0.4 is 0 Å². The summed E-state index contributed by atoms with van der Waals surface area (Å²) in [5.41, 5.74) is 2.14. The van der Waals surface area contributed by atoms with Gasteiger partial charge in [0.15, 0.2) is 0 Å². The van der Waals surface area contributed by atoms with Crippen molar-refractivity contribution in [1.29, 1.82) is 0 Å². The van der Waals surface area contributed by atoms with Gasteiger partial charge in [0, 0.05) is 18.6 Å². The van der Waals surface area contributed by atoms with Crippen LogP contribution in [0.5, 0.6) is 0 Å². The average Bonchev–Trinajstić information content (AvgIpc) is 2.40. The maximum Gasteiger partial charge on any atom is 0.339 e. The van der Waals surface area contributed by atoms with Crippen molar-refractivity contribution in [3.8, 4) is 0 Å². The van der Waals surface area contributed by atoms with Gasteiger partial charge in [-0.25, -0.2) is 4.79 Å². The van der Waals surface area contributed by atoms with Crippen molar-refractivity contribution >= 4 is 45.7 Å². The molecule has 100 valence electrons. The molecule has 0 saturated heterocycles. The van der Waals surface area contributed by atoms with E-state index in [1.54, 1.807) is 12.1 Å². The van der Waals surface area contributed by atoms with Crippen molar-refractivity contribution in [1.82, 2.24) is 0 Å². The van der Waals surface area contributed by atoms with Crippen LogP contribution in [-0.2, 0) is 9.53 Å². The molecule has 0 amide bonds. The Kier molecular flexibility index (Phi) is 4.68. The molecule has 0 unspecified atom stereocenters. The number of Topliss-reactive ketones (excluding diaryl/α,β-unsaturated/α-hetero) is 1. The van der Waals surface area contributed by atoms with Crippen LogP contribution in [0.4, 0.5) is 5.69 Å². The highest BCUT2D eigenvalue weighted by Crippen LogP contribution is 2.27. The fourth-order valence-electron chi connectivity index (χ4n) is 2.03. The third-order valence-corrected chi connectivity index (χ3v) is 4.12. The molecule has 1 aromatic rings. The Labute approximate surface area is 125 Å². The highest BCUT2D eigenvalue weighted by atomic mass is 127. The van der Waals surface area contributed by atoms with Crippen LogP contribution in [0.2, 0.25) is 0 Å². The second-order valence-corrected chi connectivity index (χ2v) is 5.46. The van der Waals surface area contributed by atoms with Gasteiger partial charge in [0.2, 0.25) is 0 Å². The summed E-state index contributed by atoms with van der Waals surface area (Å²) in [5, 5.41) is 0. The summed E-state index contributed by atoms with van der Waals surface area (Å²) < 4.78 is 5.49. The van der Waals surface area contributed by atoms with E-state index in [4.69, 9.17) is 4.74 Å². The normalized spacial score (nSPS) is 17.6. The molecule has 0 atom stereocenters. The minimum atomic E-state index is -0.369. The van der Waals surface area contributed by atoms with Gasteiger partial charge in [0.1, 0.15) is 5.78 Å². The second-order valence-electron chi connectivity index (χ2n) is 4.38. The van der Waals surface area contributed by atoms with E-state index >= 15 is 0 Å². The Morgan fingerprint density at radius 1 is 1.37 bits per heavy atom. The maximum absolute atomic E-state index is 11.6. The number of halogens is 1. The Hall–Kier alpha value is -1.24. The number of ether oxygens (including phenoxy) is 1. The fourth-order valence-corrected chi connectivity index (χ4v) is 2.73. The summed E-state index contributed by atoms with van der Waals surface area (Å²) in [6, 6.07) is 5.34. The van der Waals surface area contributed by atoms with E-state index in [2.05, 4.69) is 27.6 Å². The first-order valence-electron chi connectivity index (χ1n) is 6.07. The Morgan fingerprint density at radius 3 is 2.84 bits per heavy atom. The summed E-state index contributed by atoms with van der Waals surface area (Å²) in [7, 11) is 1.36. The first kappa shape index (κ1) is 14.2. The lowest BCUT2D eigenvalue weighted by Crippen LogP contribution is -2.14. The van der Waals surface area contributed by atoms with E-state index in [9.17, 15) is 9.59 Å². The number of aliphatic imine (C=N–C) groups is 1. The molecule has 1 saturated carbocycles. The smallest absolute Gasteiger partial charge is 0.339 e. The van der Waals surface area contributed by atoms with Crippen molar-refractivity contribution in [3.05, 3.63) is 27.3 Å². The third kappa shape index (κ3) is 3.40.